The third-order valence-corrected chi connectivity index (χ3v) is 3.20. The van der Waals surface area contributed by atoms with Gasteiger partial charge in [0, 0.05) is 6.42 Å². The normalized spacial score (nSPS) is 34.4. The summed E-state index contributed by atoms with van der Waals surface area (Å²) in [6.07, 6.45) is -8.03. The molecule has 122 valence electrons. The van der Waals surface area contributed by atoms with Gasteiger partial charge in [0.2, 0.25) is 0 Å². The van der Waals surface area contributed by atoms with Crippen LogP contribution >= 0.6 is 0 Å². The molecule has 1 fully saturated rings. The molecule has 0 aliphatic carbocycles. The number of ether oxygens (including phenoxy) is 1. The predicted molar refractivity (Wildman–Crippen MR) is 65.2 cm³/mol. The van der Waals surface area contributed by atoms with E-state index in [9.17, 15) is 24.9 Å². The zero-order valence-corrected chi connectivity index (χ0v) is 11.0. The molecule has 1 saturated heterocycles. The Hall–Kier alpha value is -1.30. The van der Waals surface area contributed by atoms with E-state index in [4.69, 9.17) is 20.1 Å². The lowest BCUT2D eigenvalue weighted by atomic mass is 9.97. The van der Waals surface area contributed by atoms with E-state index in [0.717, 1.165) is 0 Å². The maximum absolute atomic E-state index is 11.0. The SMILES string of the molecule is O=C(O)CCC(NC1O[C@H](CO)[C@@H](O)C(O)C1O)C(=O)O. The zero-order chi connectivity index (χ0) is 16.2. The topological polar surface area (TPSA) is 177 Å². The summed E-state index contributed by atoms with van der Waals surface area (Å²) in [6.45, 7) is -0.643. The van der Waals surface area contributed by atoms with Gasteiger partial charge in [0.05, 0.1) is 6.61 Å². The molecule has 4 unspecified atom stereocenters. The maximum atomic E-state index is 11.0. The van der Waals surface area contributed by atoms with Crippen LogP contribution in [0.5, 0.6) is 0 Å². The van der Waals surface area contributed by atoms with Crippen LogP contribution in [0, 0.1) is 0 Å². The van der Waals surface area contributed by atoms with Crippen LogP contribution < -0.4 is 5.32 Å². The van der Waals surface area contributed by atoms with Gasteiger partial charge in [-0.05, 0) is 6.42 Å². The Morgan fingerprint density at radius 2 is 1.71 bits per heavy atom. The second-order valence-electron chi connectivity index (χ2n) is 4.74. The van der Waals surface area contributed by atoms with Crippen LogP contribution in [0.2, 0.25) is 0 Å². The first-order valence-corrected chi connectivity index (χ1v) is 6.29. The Morgan fingerprint density at radius 3 is 2.19 bits per heavy atom. The molecule has 0 saturated carbocycles. The quantitative estimate of drug-likeness (QED) is 0.252. The Bertz CT molecular complexity index is 375. The summed E-state index contributed by atoms with van der Waals surface area (Å²) in [5.41, 5.74) is 0. The van der Waals surface area contributed by atoms with Crippen molar-refractivity contribution < 1.29 is 45.0 Å². The Labute approximate surface area is 119 Å². The van der Waals surface area contributed by atoms with Crippen LogP contribution in [0.3, 0.4) is 0 Å². The number of carboxylic acids is 2. The molecule has 0 aromatic rings. The lowest BCUT2D eigenvalue weighted by molar-refractivity contribution is -0.238. The molecular weight excluding hydrogens is 290 g/mol. The molecule has 1 rings (SSSR count). The molecule has 1 heterocycles. The summed E-state index contributed by atoms with van der Waals surface area (Å²) in [5.74, 6) is -2.54. The van der Waals surface area contributed by atoms with Gasteiger partial charge in [-0.25, -0.2) is 0 Å². The number of nitrogens with one attached hydrogen (secondary N) is 1. The zero-order valence-electron chi connectivity index (χ0n) is 11.0. The van der Waals surface area contributed by atoms with Gasteiger partial charge in [-0.1, -0.05) is 0 Å². The first-order chi connectivity index (χ1) is 9.77. The third-order valence-electron chi connectivity index (χ3n) is 3.20. The van der Waals surface area contributed by atoms with Crippen LogP contribution in [0.4, 0.5) is 0 Å². The van der Waals surface area contributed by atoms with Gasteiger partial charge >= 0.3 is 11.9 Å². The van der Waals surface area contributed by atoms with Gasteiger partial charge in [0.15, 0.2) is 0 Å². The van der Waals surface area contributed by atoms with E-state index >= 15 is 0 Å². The molecule has 1 aliphatic heterocycles. The molecule has 10 heteroatoms. The van der Waals surface area contributed by atoms with Crippen molar-refractivity contribution in [3.63, 3.8) is 0 Å². The van der Waals surface area contributed by atoms with Crippen LogP contribution in [0.15, 0.2) is 0 Å². The summed E-state index contributed by atoms with van der Waals surface area (Å²) in [7, 11) is 0. The summed E-state index contributed by atoms with van der Waals surface area (Å²) in [4.78, 5) is 21.5. The molecular formula is C11H19NO9. The number of aliphatic hydroxyl groups is 4. The molecule has 6 atom stereocenters. The van der Waals surface area contributed by atoms with Crippen molar-refractivity contribution >= 4 is 11.9 Å². The summed E-state index contributed by atoms with van der Waals surface area (Å²) in [5, 5.41) is 57.8. The molecule has 10 nitrogen and oxygen atoms in total. The predicted octanol–water partition coefficient (Wildman–Crippen LogP) is -3.31. The third kappa shape index (κ3) is 4.59. The summed E-state index contributed by atoms with van der Waals surface area (Å²) in [6, 6.07) is -1.33. The average Bonchev–Trinajstić information content (AvgIpc) is 2.42. The van der Waals surface area contributed by atoms with E-state index in [2.05, 4.69) is 5.32 Å². The van der Waals surface area contributed by atoms with Crippen LogP contribution in [-0.4, -0.2) is 85.9 Å². The highest BCUT2D eigenvalue weighted by Crippen LogP contribution is 2.20. The van der Waals surface area contributed by atoms with Crippen molar-refractivity contribution in [2.45, 2.75) is 49.5 Å². The second kappa shape index (κ2) is 7.64. The molecule has 21 heavy (non-hydrogen) atoms. The number of carboxylic acid groups (broad SMARTS) is 2. The highest BCUT2D eigenvalue weighted by molar-refractivity contribution is 5.75. The van der Waals surface area contributed by atoms with Crippen LogP contribution in [0.1, 0.15) is 12.8 Å². The number of aliphatic hydroxyl groups excluding tert-OH is 4. The van der Waals surface area contributed by atoms with Gasteiger partial charge in [-0.2, -0.15) is 0 Å². The first kappa shape index (κ1) is 17.8. The van der Waals surface area contributed by atoms with Crippen molar-refractivity contribution in [1.82, 2.24) is 5.32 Å². The van der Waals surface area contributed by atoms with Gasteiger partial charge in [-0.15, -0.1) is 0 Å². The minimum absolute atomic E-state index is 0.264. The Morgan fingerprint density at radius 1 is 1.10 bits per heavy atom. The van der Waals surface area contributed by atoms with Crippen molar-refractivity contribution in [2.75, 3.05) is 6.61 Å². The minimum atomic E-state index is -1.64. The number of hydrogen-bond donors (Lipinski definition) is 7. The smallest absolute Gasteiger partial charge is 0.320 e. The number of carbonyl (C=O) groups is 2. The molecule has 0 radical (unpaired) electrons. The standard InChI is InChI=1S/C11H19NO9/c13-3-5-7(16)8(17)9(18)10(21-5)12-4(11(19)20)1-2-6(14)15/h4-5,7-10,12-13,16-18H,1-3H2,(H,14,15)(H,19,20)/t4?,5-,7-,8?,9?,10?/m1/s1. The fraction of sp³-hybridized carbons (Fsp3) is 0.818. The highest BCUT2D eigenvalue weighted by atomic mass is 16.6. The van der Waals surface area contributed by atoms with Gasteiger partial charge in [0.25, 0.3) is 0 Å². The van der Waals surface area contributed by atoms with Crippen molar-refractivity contribution in [3.05, 3.63) is 0 Å². The van der Waals surface area contributed by atoms with Crippen LogP contribution in [-0.2, 0) is 14.3 Å². The molecule has 1 aliphatic rings. The molecule has 0 spiro atoms. The molecule has 0 amide bonds. The lowest BCUT2D eigenvalue weighted by Crippen LogP contribution is -2.64. The maximum Gasteiger partial charge on any atom is 0.320 e. The summed E-state index contributed by atoms with van der Waals surface area (Å²) < 4.78 is 5.09. The van der Waals surface area contributed by atoms with Crippen molar-refractivity contribution in [3.8, 4) is 0 Å². The van der Waals surface area contributed by atoms with E-state index < -0.39 is 61.7 Å². The average molecular weight is 309 g/mol. The lowest BCUT2D eigenvalue weighted by Gasteiger charge is -2.41. The highest BCUT2D eigenvalue weighted by Gasteiger charge is 2.44. The molecule has 0 aromatic carbocycles. The van der Waals surface area contributed by atoms with Crippen LogP contribution in [0.25, 0.3) is 0 Å². The number of hydrogen-bond acceptors (Lipinski definition) is 8. The van der Waals surface area contributed by atoms with Gasteiger partial charge < -0.3 is 35.4 Å². The van der Waals surface area contributed by atoms with E-state index in [1.807, 2.05) is 0 Å². The second-order valence-corrected chi connectivity index (χ2v) is 4.74. The number of aliphatic carboxylic acids is 2. The Kier molecular flexibility index (Phi) is 6.45. The monoisotopic (exact) mass is 309 g/mol. The molecule has 0 aromatic heterocycles. The van der Waals surface area contributed by atoms with E-state index in [-0.39, 0.29) is 6.42 Å². The molecule has 0 bridgehead atoms. The van der Waals surface area contributed by atoms with Gasteiger partial charge in [-0.3, -0.25) is 14.9 Å². The number of rotatable bonds is 7. The fourth-order valence-electron chi connectivity index (χ4n) is 1.98. The van der Waals surface area contributed by atoms with Gasteiger partial charge in [0.1, 0.15) is 36.7 Å². The van der Waals surface area contributed by atoms with Crippen molar-refractivity contribution in [1.29, 1.82) is 0 Å². The Balaban J connectivity index is 2.72. The van der Waals surface area contributed by atoms with E-state index in [1.165, 1.54) is 0 Å². The largest absolute Gasteiger partial charge is 0.481 e. The van der Waals surface area contributed by atoms with Crippen molar-refractivity contribution in [2.24, 2.45) is 0 Å². The first-order valence-electron chi connectivity index (χ1n) is 6.29. The fourth-order valence-corrected chi connectivity index (χ4v) is 1.98. The minimum Gasteiger partial charge on any atom is -0.481 e. The molecule has 7 N–H and O–H groups in total. The van der Waals surface area contributed by atoms with E-state index in [0.29, 0.717) is 0 Å². The summed E-state index contributed by atoms with van der Waals surface area (Å²) >= 11 is 0. The van der Waals surface area contributed by atoms with E-state index in [1.54, 1.807) is 0 Å².